The lowest BCUT2D eigenvalue weighted by molar-refractivity contribution is 0.308. The molecule has 0 amide bonds. The topological polar surface area (TPSA) is 40.5 Å². The van der Waals surface area contributed by atoms with E-state index in [9.17, 15) is 10.0 Å². The van der Waals surface area contributed by atoms with E-state index in [0.717, 1.165) is 11.5 Å². The molecule has 2 N–H and O–H groups in total. The first-order chi connectivity index (χ1) is 9.11. The maximum absolute atomic E-state index is 9.26. The summed E-state index contributed by atoms with van der Waals surface area (Å²) in [7, 11) is -1.35. The Balaban J connectivity index is 2.02. The van der Waals surface area contributed by atoms with Crippen molar-refractivity contribution in [2.45, 2.75) is 58.3 Å². The average Bonchev–Trinajstić information content (AvgIpc) is 2.39. The molecule has 3 heteroatoms. The molecule has 0 atom stereocenters. The number of rotatable bonds is 4. The van der Waals surface area contributed by atoms with Crippen molar-refractivity contribution >= 4 is 12.6 Å². The number of hydrogen-bond acceptors (Lipinski definition) is 2. The van der Waals surface area contributed by atoms with Gasteiger partial charge in [0.15, 0.2) is 0 Å². The summed E-state index contributed by atoms with van der Waals surface area (Å²) < 4.78 is 0. The molecule has 0 saturated heterocycles. The summed E-state index contributed by atoms with van der Waals surface area (Å²) in [6.07, 6.45) is 7.94. The fourth-order valence-electron chi connectivity index (χ4n) is 3.44. The van der Waals surface area contributed by atoms with E-state index in [1.54, 1.807) is 0 Å². The Morgan fingerprint density at radius 3 is 2.37 bits per heavy atom. The number of benzene rings is 1. The lowest BCUT2D eigenvalue weighted by Gasteiger charge is -2.29. The third kappa shape index (κ3) is 3.61. The first-order valence-corrected chi connectivity index (χ1v) is 7.58. The van der Waals surface area contributed by atoms with E-state index in [-0.39, 0.29) is 0 Å². The van der Waals surface area contributed by atoms with E-state index >= 15 is 0 Å². The lowest BCUT2D eigenvalue weighted by Crippen LogP contribution is -2.32. The summed E-state index contributed by atoms with van der Waals surface area (Å²) in [6, 6.07) is 6.08. The Hall–Kier alpha value is -0.795. The molecule has 2 nitrogen and oxygen atoms in total. The highest BCUT2D eigenvalue weighted by molar-refractivity contribution is 6.59. The van der Waals surface area contributed by atoms with Crippen LogP contribution in [0.2, 0.25) is 0 Å². The summed E-state index contributed by atoms with van der Waals surface area (Å²) in [5, 5.41) is 18.5. The first-order valence-electron chi connectivity index (χ1n) is 7.58. The summed E-state index contributed by atoms with van der Waals surface area (Å²) in [4.78, 5) is 0. The summed E-state index contributed by atoms with van der Waals surface area (Å²) in [5.41, 5.74) is 2.99. The van der Waals surface area contributed by atoms with Crippen molar-refractivity contribution in [1.82, 2.24) is 0 Å². The summed E-state index contributed by atoms with van der Waals surface area (Å²) in [5.74, 6) is 1.59. The van der Waals surface area contributed by atoms with Gasteiger partial charge in [0, 0.05) is 0 Å². The zero-order valence-corrected chi connectivity index (χ0v) is 12.1. The minimum atomic E-state index is -1.35. The van der Waals surface area contributed by atoms with Crippen LogP contribution in [0, 0.1) is 12.8 Å². The van der Waals surface area contributed by atoms with E-state index in [2.05, 4.69) is 19.1 Å². The van der Waals surface area contributed by atoms with E-state index in [1.807, 2.05) is 13.0 Å². The standard InChI is InChI=1S/C16H25BO2/c1-3-4-13-5-7-14(8-6-13)15-9-10-16(17(18)19)12(2)11-15/h9-11,13-14,18-19H,3-8H2,1-2H3. The van der Waals surface area contributed by atoms with E-state index in [1.165, 1.54) is 44.1 Å². The molecule has 0 aromatic heterocycles. The van der Waals surface area contributed by atoms with Crippen LogP contribution in [0.4, 0.5) is 0 Å². The van der Waals surface area contributed by atoms with Crippen molar-refractivity contribution in [2.75, 3.05) is 0 Å². The molecule has 1 fully saturated rings. The van der Waals surface area contributed by atoms with Crippen molar-refractivity contribution < 1.29 is 10.0 Å². The Bertz CT molecular complexity index is 409. The molecule has 0 spiro atoms. The monoisotopic (exact) mass is 260 g/mol. The van der Waals surface area contributed by atoms with Crippen LogP contribution in [0.15, 0.2) is 18.2 Å². The molecule has 0 heterocycles. The van der Waals surface area contributed by atoms with Crippen molar-refractivity contribution in [1.29, 1.82) is 0 Å². The van der Waals surface area contributed by atoms with E-state index in [0.29, 0.717) is 11.4 Å². The Morgan fingerprint density at radius 2 is 1.84 bits per heavy atom. The Labute approximate surface area is 117 Å². The van der Waals surface area contributed by atoms with Crippen LogP contribution >= 0.6 is 0 Å². The van der Waals surface area contributed by atoms with Gasteiger partial charge in [0.1, 0.15) is 0 Å². The molecule has 0 radical (unpaired) electrons. The molecular formula is C16H25BO2. The van der Waals surface area contributed by atoms with Crippen LogP contribution in [0.3, 0.4) is 0 Å². The maximum atomic E-state index is 9.26. The molecule has 1 aliphatic rings. The fourth-order valence-corrected chi connectivity index (χ4v) is 3.44. The molecule has 0 bridgehead atoms. The highest BCUT2D eigenvalue weighted by atomic mass is 16.4. The summed E-state index contributed by atoms with van der Waals surface area (Å²) >= 11 is 0. The largest absolute Gasteiger partial charge is 0.488 e. The van der Waals surface area contributed by atoms with Crippen molar-refractivity contribution in [3.8, 4) is 0 Å². The first kappa shape index (κ1) is 14.6. The molecule has 2 rings (SSSR count). The number of aryl methyl sites for hydroxylation is 1. The quantitative estimate of drug-likeness (QED) is 0.817. The third-order valence-corrected chi connectivity index (χ3v) is 4.59. The molecule has 19 heavy (non-hydrogen) atoms. The zero-order chi connectivity index (χ0) is 13.8. The van der Waals surface area contributed by atoms with Gasteiger partial charge >= 0.3 is 7.12 Å². The van der Waals surface area contributed by atoms with Crippen LogP contribution in [0.1, 0.15) is 62.5 Å². The SMILES string of the molecule is CCCC1CCC(c2ccc(B(O)O)c(C)c2)CC1. The number of hydrogen-bond donors (Lipinski definition) is 2. The molecule has 0 unspecified atom stereocenters. The van der Waals surface area contributed by atoms with Crippen molar-refractivity contribution in [3.63, 3.8) is 0 Å². The molecule has 1 aromatic rings. The highest BCUT2D eigenvalue weighted by Gasteiger charge is 2.23. The van der Waals surface area contributed by atoms with Gasteiger partial charge in [-0.25, -0.2) is 0 Å². The van der Waals surface area contributed by atoms with Gasteiger partial charge in [0.25, 0.3) is 0 Å². The van der Waals surface area contributed by atoms with Gasteiger partial charge in [-0.15, -0.1) is 0 Å². The second-order valence-electron chi connectivity index (χ2n) is 6.00. The van der Waals surface area contributed by atoms with Crippen LogP contribution in [0.25, 0.3) is 0 Å². The maximum Gasteiger partial charge on any atom is 0.488 e. The minimum Gasteiger partial charge on any atom is -0.423 e. The van der Waals surface area contributed by atoms with Gasteiger partial charge in [-0.3, -0.25) is 0 Å². The highest BCUT2D eigenvalue weighted by Crippen LogP contribution is 2.37. The van der Waals surface area contributed by atoms with E-state index in [4.69, 9.17) is 0 Å². The Kier molecular flexibility index (Phi) is 5.06. The predicted octanol–water partition coefficient (Wildman–Crippen LogP) is 2.75. The normalized spacial score (nSPS) is 23.4. The molecule has 104 valence electrons. The second kappa shape index (κ2) is 6.58. The lowest BCUT2D eigenvalue weighted by atomic mass is 9.73. The van der Waals surface area contributed by atoms with Gasteiger partial charge in [-0.2, -0.15) is 0 Å². The smallest absolute Gasteiger partial charge is 0.423 e. The fraction of sp³-hybridized carbons (Fsp3) is 0.625. The van der Waals surface area contributed by atoms with Crippen LogP contribution < -0.4 is 5.46 Å². The van der Waals surface area contributed by atoms with Crippen molar-refractivity contribution in [3.05, 3.63) is 29.3 Å². The second-order valence-corrected chi connectivity index (χ2v) is 6.00. The molecule has 1 aliphatic carbocycles. The van der Waals surface area contributed by atoms with Gasteiger partial charge in [0.2, 0.25) is 0 Å². The summed E-state index contributed by atoms with van der Waals surface area (Å²) in [6.45, 7) is 4.23. The van der Waals surface area contributed by atoms with Crippen LogP contribution in [-0.2, 0) is 0 Å². The van der Waals surface area contributed by atoms with Gasteiger partial charge in [-0.05, 0) is 55.5 Å². The van der Waals surface area contributed by atoms with Crippen molar-refractivity contribution in [2.24, 2.45) is 5.92 Å². The average molecular weight is 260 g/mol. The minimum absolute atomic E-state index is 0.628. The van der Waals surface area contributed by atoms with Crippen LogP contribution in [-0.4, -0.2) is 17.2 Å². The Morgan fingerprint density at radius 1 is 1.16 bits per heavy atom. The molecule has 0 aliphatic heterocycles. The zero-order valence-electron chi connectivity index (χ0n) is 12.1. The predicted molar refractivity (Wildman–Crippen MR) is 80.6 cm³/mol. The van der Waals surface area contributed by atoms with Gasteiger partial charge in [-0.1, -0.05) is 43.5 Å². The molecule has 1 aromatic carbocycles. The van der Waals surface area contributed by atoms with Gasteiger partial charge < -0.3 is 10.0 Å². The molecular weight excluding hydrogens is 235 g/mol. The third-order valence-electron chi connectivity index (χ3n) is 4.59. The van der Waals surface area contributed by atoms with E-state index < -0.39 is 7.12 Å². The van der Waals surface area contributed by atoms with Crippen LogP contribution in [0.5, 0.6) is 0 Å². The van der Waals surface area contributed by atoms with Gasteiger partial charge in [0.05, 0.1) is 0 Å². The molecule has 1 saturated carbocycles.